The van der Waals surface area contributed by atoms with E-state index in [1.165, 1.54) is 10.5 Å². The van der Waals surface area contributed by atoms with E-state index < -0.39 is 0 Å². The van der Waals surface area contributed by atoms with Gasteiger partial charge >= 0.3 is 0 Å². The molecule has 1 aliphatic rings. The number of hydrogen-bond donors (Lipinski definition) is 1. The highest BCUT2D eigenvalue weighted by atomic mass is 32.2. The smallest absolute Gasteiger partial charge is 0.0762 e. The highest BCUT2D eigenvalue weighted by Crippen LogP contribution is 2.39. The summed E-state index contributed by atoms with van der Waals surface area (Å²) in [5.74, 6) is 1.74. The zero-order valence-corrected chi connectivity index (χ0v) is 13.8. The number of nitrogens with one attached hydrogen (secondary N) is 1. The number of fused-ring (bicyclic) bond motifs is 1. The van der Waals surface area contributed by atoms with E-state index in [0.717, 1.165) is 24.5 Å². The predicted octanol–water partition coefficient (Wildman–Crippen LogP) is 3.66. The van der Waals surface area contributed by atoms with Crippen molar-refractivity contribution in [3.8, 4) is 0 Å². The van der Waals surface area contributed by atoms with Gasteiger partial charge in [0.15, 0.2) is 0 Å². The number of rotatable bonds is 4. The van der Waals surface area contributed by atoms with Gasteiger partial charge in [-0.1, -0.05) is 18.2 Å². The van der Waals surface area contributed by atoms with Crippen molar-refractivity contribution in [2.75, 3.05) is 5.75 Å². The van der Waals surface area contributed by atoms with Crippen LogP contribution in [0, 0.1) is 0 Å². The highest BCUT2D eigenvalue weighted by molar-refractivity contribution is 7.99. The average Bonchev–Trinajstić information content (AvgIpc) is 3.04. The zero-order valence-electron chi connectivity index (χ0n) is 13.0. The van der Waals surface area contributed by atoms with Gasteiger partial charge in [-0.25, -0.2) is 0 Å². The fraction of sp³-hybridized carbons (Fsp3) is 0.471. The first-order valence-electron chi connectivity index (χ1n) is 7.50. The van der Waals surface area contributed by atoms with Gasteiger partial charge in [-0.15, -0.1) is 11.8 Å². The lowest BCUT2D eigenvalue weighted by Gasteiger charge is -2.19. The summed E-state index contributed by atoms with van der Waals surface area (Å²) in [7, 11) is 0. The summed E-state index contributed by atoms with van der Waals surface area (Å²) in [6.07, 6.45) is 2.10. The molecule has 0 bridgehead atoms. The third kappa shape index (κ3) is 3.69. The van der Waals surface area contributed by atoms with Crippen LogP contribution in [0.25, 0.3) is 0 Å². The van der Waals surface area contributed by atoms with E-state index in [1.54, 1.807) is 0 Å². The molecule has 1 N–H and O–H groups in total. The Labute approximate surface area is 131 Å². The standard InChI is InChI=1S/C17H23N3S/c1-17(2,3)18-10-14-8-9-20(19-14)11-13-12-21-16-7-5-4-6-15(13)16/h4-9,13,18H,10-12H2,1-3H3. The van der Waals surface area contributed by atoms with Crippen LogP contribution >= 0.6 is 11.8 Å². The number of aromatic nitrogens is 2. The van der Waals surface area contributed by atoms with Gasteiger partial charge in [0.1, 0.15) is 0 Å². The van der Waals surface area contributed by atoms with Crippen molar-refractivity contribution in [2.24, 2.45) is 0 Å². The van der Waals surface area contributed by atoms with Crippen molar-refractivity contribution < 1.29 is 0 Å². The van der Waals surface area contributed by atoms with E-state index in [9.17, 15) is 0 Å². The molecule has 0 saturated heterocycles. The van der Waals surface area contributed by atoms with Gasteiger partial charge in [0.2, 0.25) is 0 Å². The minimum Gasteiger partial charge on any atom is -0.306 e. The molecular formula is C17H23N3S. The van der Waals surface area contributed by atoms with Crippen molar-refractivity contribution in [3.63, 3.8) is 0 Å². The topological polar surface area (TPSA) is 29.9 Å². The summed E-state index contributed by atoms with van der Waals surface area (Å²) < 4.78 is 2.09. The molecule has 3 rings (SSSR count). The Kier molecular flexibility index (Phi) is 4.09. The van der Waals surface area contributed by atoms with Gasteiger partial charge in [0.05, 0.1) is 5.69 Å². The number of nitrogens with zero attached hydrogens (tertiary/aromatic N) is 2. The first-order chi connectivity index (χ1) is 10.0. The molecule has 0 spiro atoms. The molecule has 0 amide bonds. The SMILES string of the molecule is CC(C)(C)NCc1ccn(CC2CSc3ccccc32)n1. The zero-order chi connectivity index (χ0) is 14.9. The minimum atomic E-state index is 0.130. The lowest BCUT2D eigenvalue weighted by molar-refractivity contribution is 0.418. The van der Waals surface area contributed by atoms with Crippen molar-refractivity contribution in [3.05, 3.63) is 47.8 Å². The summed E-state index contributed by atoms with van der Waals surface area (Å²) >= 11 is 1.96. The second kappa shape index (κ2) is 5.85. The summed E-state index contributed by atoms with van der Waals surface area (Å²) in [5, 5.41) is 8.18. The molecule has 0 radical (unpaired) electrons. The van der Waals surface area contributed by atoms with Gasteiger partial charge in [0, 0.05) is 41.4 Å². The van der Waals surface area contributed by atoms with Gasteiger partial charge in [-0.05, 0) is 38.5 Å². The number of benzene rings is 1. The summed E-state index contributed by atoms with van der Waals surface area (Å²) in [6.45, 7) is 8.33. The maximum atomic E-state index is 4.69. The first kappa shape index (κ1) is 14.7. The van der Waals surface area contributed by atoms with Crippen molar-refractivity contribution in [2.45, 2.75) is 50.2 Å². The summed E-state index contributed by atoms with van der Waals surface area (Å²) in [5.41, 5.74) is 2.72. The maximum Gasteiger partial charge on any atom is 0.0762 e. The van der Waals surface area contributed by atoms with Crippen molar-refractivity contribution in [1.82, 2.24) is 15.1 Å². The van der Waals surface area contributed by atoms with Crippen LogP contribution < -0.4 is 5.32 Å². The largest absolute Gasteiger partial charge is 0.306 e. The maximum absolute atomic E-state index is 4.69. The molecule has 2 heterocycles. The van der Waals surface area contributed by atoms with Crippen molar-refractivity contribution in [1.29, 1.82) is 0 Å². The third-order valence-electron chi connectivity index (χ3n) is 3.70. The normalized spacial score (nSPS) is 18.0. The number of thioether (sulfide) groups is 1. The first-order valence-corrected chi connectivity index (χ1v) is 8.49. The Morgan fingerprint density at radius 3 is 2.90 bits per heavy atom. The van der Waals surface area contributed by atoms with E-state index in [2.05, 4.69) is 67.3 Å². The van der Waals surface area contributed by atoms with Crippen LogP contribution in [0.2, 0.25) is 0 Å². The predicted molar refractivity (Wildman–Crippen MR) is 88.7 cm³/mol. The Morgan fingerprint density at radius 2 is 2.10 bits per heavy atom. The monoisotopic (exact) mass is 301 g/mol. The van der Waals surface area contributed by atoms with Crippen LogP contribution in [0.15, 0.2) is 41.4 Å². The molecule has 0 saturated carbocycles. The Morgan fingerprint density at radius 1 is 1.29 bits per heavy atom. The van der Waals surface area contributed by atoms with Gasteiger partial charge in [0.25, 0.3) is 0 Å². The molecular weight excluding hydrogens is 278 g/mol. The third-order valence-corrected chi connectivity index (χ3v) is 4.95. The molecule has 1 aromatic carbocycles. The second-order valence-corrected chi connectivity index (χ2v) is 7.74. The minimum absolute atomic E-state index is 0.130. The molecule has 112 valence electrons. The molecule has 1 unspecified atom stereocenters. The Bertz CT molecular complexity index is 612. The molecule has 1 aliphatic heterocycles. The van der Waals surface area contributed by atoms with Gasteiger partial charge < -0.3 is 5.32 Å². The van der Waals surface area contributed by atoms with Crippen LogP contribution in [-0.4, -0.2) is 21.1 Å². The van der Waals surface area contributed by atoms with Gasteiger partial charge in [-0.3, -0.25) is 4.68 Å². The highest BCUT2D eigenvalue weighted by Gasteiger charge is 2.23. The van der Waals surface area contributed by atoms with Crippen LogP contribution in [0.4, 0.5) is 0 Å². The molecule has 2 aromatic rings. The quantitative estimate of drug-likeness (QED) is 0.934. The molecule has 0 fully saturated rings. The fourth-order valence-electron chi connectivity index (χ4n) is 2.56. The molecule has 4 heteroatoms. The molecule has 1 aromatic heterocycles. The summed E-state index contributed by atoms with van der Waals surface area (Å²) in [4.78, 5) is 1.43. The number of hydrogen-bond acceptors (Lipinski definition) is 3. The van der Waals surface area contributed by atoms with E-state index in [4.69, 9.17) is 5.10 Å². The second-order valence-electron chi connectivity index (χ2n) is 6.68. The van der Waals surface area contributed by atoms with E-state index in [0.29, 0.717) is 5.92 Å². The van der Waals surface area contributed by atoms with E-state index >= 15 is 0 Å². The van der Waals surface area contributed by atoms with Crippen LogP contribution in [0.5, 0.6) is 0 Å². The fourth-order valence-corrected chi connectivity index (χ4v) is 3.80. The average molecular weight is 301 g/mol. The molecule has 1 atom stereocenters. The summed E-state index contributed by atoms with van der Waals surface area (Å²) in [6, 6.07) is 10.9. The molecule has 21 heavy (non-hydrogen) atoms. The van der Waals surface area contributed by atoms with Crippen LogP contribution in [0.3, 0.4) is 0 Å². The van der Waals surface area contributed by atoms with Crippen LogP contribution in [-0.2, 0) is 13.1 Å². The molecule has 0 aliphatic carbocycles. The molecule has 3 nitrogen and oxygen atoms in total. The Hall–Kier alpha value is -1.26. The van der Waals surface area contributed by atoms with Crippen LogP contribution in [0.1, 0.15) is 37.9 Å². The lowest BCUT2D eigenvalue weighted by atomic mass is 10.0. The van der Waals surface area contributed by atoms with E-state index in [-0.39, 0.29) is 5.54 Å². The lowest BCUT2D eigenvalue weighted by Crippen LogP contribution is -2.35. The van der Waals surface area contributed by atoms with E-state index in [1.807, 2.05) is 11.8 Å². The Balaban J connectivity index is 1.63. The van der Waals surface area contributed by atoms with Crippen molar-refractivity contribution >= 4 is 11.8 Å². The van der Waals surface area contributed by atoms with Gasteiger partial charge in [-0.2, -0.15) is 5.10 Å².